The Morgan fingerprint density at radius 2 is 1.81 bits per heavy atom. The summed E-state index contributed by atoms with van der Waals surface area (Å²) in [6.07, 6.45) is 0. The number of hydrogen-bond acceptors (Lipinski definition) is 6. The van der Waals surface area contributed by atoms with E-state index in [2.05, 4.69) is 0 Å². The number of nitro benzene ring substituents is 1. The zero-order valence-electron chi connectivity index (χ0n) is 15.0. The highest BCUT2D eigenvalue weighted by Crippen LogP contribution is 2.32. The topological polar surface area (TPSA) is 99.0 Å². The molecule has 1 aliphatic rings. The van der Waals surface area contributed by atoms with Crippen LogP contribution in [-0.2, 0) is 16.6 Å². The lowest BCUT2D eigenvalue weighted by molar-refractivity contribution is -0.385. The Morgan fingerprint density at radius 1 is 1.11 bits per heavy atom. The molecule has 1 heterocycles. The highest BCUT2D eigenvalue weighted by atomic mass is 32.2. The molecular weight excluding hydrogens is 372 g/mol. The smallest absolute Gasteiger partial charge is 0.273 e. The van der Waals surface area contributed by atoms with Gasteiger partial charge in [0.25, 0.3) is 5.69 Å². The number of rotatable bonds is 6. The summed E-state index contributed by atoms with van der Waals surface area (Å²) in [6.45, 7) is 4.56. The Labute approximate surface area is 157 Å². The summed E-state index contributed by atoms with van der Waals surface area (Å²) in [4.78, 5) is 10.5. The molecule has 0 saturated carbocycles. The normalized spacial score (nSPS) is 13.6. The van der Waals surface area contributed by atoms with Crippen molar-refractivity contribution in [2.45, 2.75) is 25.3 Å². The van der Waals surface area contributed by atoms with Crippen LogP contribution in [0.4, 0.5) is 5.69 Å². The van der Waals surface area contributed by atoms with Crippen LogP contribution < -0.4 is 9.47 Å². The van der Waals surface area contributed by atoms with Crippen molar-refractivity contribution >= 4 is 15.7 Å². The van der Waals surface area contributed by atoms with Crippen LogP contribution >= 0.6 is 0 Å². The van der Waals surface area contributed by atoms with Crippen molar-refractivity contribution in [3.05, 3.63) is 57.6 Å². The highest BCUT2D eigenvalue weighted by Gasteiger charge is 2.26. The van der Waals surface area contributed by atoms with Gasteiger partial charge in [-0.1, -0.05) is 19.1 Å². The van der Waals surface area contributed by atoms with Crippen molar-refractivity contribution in [1.29, 1.82) is 0 Å². The first-order chi connectivity index (χ1) is 12.8. The third-order valence-corrected chi connectivity index (χ3v) is 6.25. The van der Waals surface area contributed by atoms with E-state index in [1.807, 2.05) is 0 Å². The summed E-state index contributed by atoms with van der Waals surface area (Å²) in [5, 5.41) is 11.1. The first-order valence-electron chi connectivity index (χ1n) is 8.46. The van der Waals surface area contributed by atoms with E-state index in [1.165, 1.54) is 16.4 Å². The molecule has 0 N–H and O–H groups in total. The number of aryl methyl sites for hydroxylation is 1. The van der Waals surface area contributed by atoms with Crippen molar-refractivity contribution in [1.82, 2.24) is 4.31 Å². The molecule has 1 aliphatic heterocycles. The second-order valence-corrected chi connectivity index (χ2v) is 8.05. The van der Waals surface area contributed by atoms with Crippen molar-refractivity contribution in [2.75, 3.05) is 19.8 Å². The molecular formula is C18H20N2O6S. The summed E-state index contributed by atoms with van der Waals surface area (Å²) in [5.74, 6) is 1.21. The maximum atomic E-state index is 13.0. The molecule has 0 saturated heterocycles. The summed E-state index contributed by atoms with van der Waals surface area (Å²) >= 11 is 0. The van der Waals surface area contributed by atoms with Crippen LogP contribution in [0, 0.1) is 17.0 Å². The van der Waals surface area contributed by atoms with Gasteiger partial charge in [-0.25, -0.2) is 8.42 Å². The Bertz CT molecular complexity index is 974. The predicted octanol–water partition coefficient (Wildman–Crippen LogP) is 2.89. The summed E-state index contributed by atoms with van der Waals surface area (Å²) in [7, 11) is -3.89. The van der Waals surface area contributed by atoms with Crippen molar-refractivity contribution in [3.8, 4) is 11.5 Å². The second-order valence-electron chi connectivity index (χ2n) is 6.11. The van der Waals surface area contributed by atoms with Crippen LogP contribution in [0.3, 0.4) is 0 Å². The monoisotopic (exact) mass is 392 g/mol. The average molecular weight is 392 g/mol. The van der Waals surface area contributed by atoms with Gasteiger partial charge in [0.05, 0.1) is 9.82 Å². The van der Waals surface area contributed by atoms with Gasteiger partial charge in [0, 0.05) is 24.7 Å². The minimum atomic E-state index is -3.89. The van der Waals surface area contributed by atoms with E-state index in [9.17, 15) is 18.5 Å². The molecule has 0 amide bonds. The van der Waals surface area contributed by atoms with Gasteiger partial charge in [0.15, 0.2) is 11.5 Å². The highest BCUT2D eigenvalue weighted by molar-refractivity contribution is 7.89. The maximum Gasteiger partial charge on any atom is 0.273 e. The predicted molar refractivity (Wildman–Crippen MR) is 98.5 cm³/mol. The van der Waals surface area contributed by atoms with E-state index in [1.54, 1.807) is 32.0 Å². The van der Waals surface area contributed by atoms with Crippen molar-refractivity contribution in [3.63, 3.8) is 0 Å². The van der Waals surface area contributed by atoms with Gasteiger partial charge in [-0.2, -0.15) is 4.31 Å². The van der Waals surface area contributed by atoms with Crippen LogP contribution in [0.25, 0.3) is 0 Å². The molecule has 0 fully saturated rings. The van der Waals surface area contributed by atoms with Gasteiger partial charge in [0.1, 0.15) is 13.2 Å². The van der Waals surface area contributed by atoms with E-state index in [4.69, 9.17) is 9.47 Å². The van der Waals surface area contributed by atoms with Gasteiger partial charge in [-0.15, -0.1) is 0 Å². The van der Waals surface area contributed by atoms with Crippen LogP contribution in [0.2, 0.25) is 0 Å². The number of benzene rings is 2. The van der Waals surface area contributed by atoms with Crippen LogP contribution in [0.15, 0.2) is 41.3 Å². The van der Waals surface area contributed by atoms with Crippen LogP contribution in [0.5, 0.6) is 11.5 Å². The number of sulfonamides is 1. The molecule has 0 spiro atoms. The quantitative estimate of drug-likeness (QED) is 0.554. The molecule has 2 aromatic rings. The third-order valence-electron chi connectivity index (χ3n) is 4.33. The Balaban J connectivity index is 1.90. The number of fused-ring (bicyclic) bond motifs is 1. The standard InChI is InChI=1S/C18H20N2O6S/c1-3-19(12-14-5-7-17-18(10-14)26-9-8-25-17)27(23,24)15-6-4-13(2)16(11-15)20(21)22/h4-7,10-11H,3,8-9,12H2,1-2H3. The Hall–Kier alpha value is -2.65. The Morgan fingerprint density at radius 3 is 2.48 bits per heavy atom. The summed E-state index contributed by atoms with van der Waals surface area (Å²) in [6, 6.07) is 9.23. The molecule has 8 nitrogen and oxygen atoms in total. The largest absolute Gasteiger partial charge is 0.486 e. The molecule has 0 unspecified atom stereocenters. The first kappa shape index (κ1) is 19.1. The number of hydrogen-bond donors (Lipinski definition) is 0. The summed E-state index contributed by atoms with van der Waals surface area (Å²) in [5.41, 5.74) is 0.937. The SMILES string of the molecule is CCN(Cc1ccc2c(c1)OCCO2)S(=O)(=O)c1ccc(C)c([N+](=O)[O-])c1. The number of nitro groups is 1. The fraction of sp³-hybridized carbons (Fsp3) is 0.333. The van der Waals surface area contributed by atoms with Gasteiger partial charge in [-0.05, 0) is 30.7 Å². The van der Waals surface area contributed by atoms with Gasteiger partial charge in [0.2, 0.25) is 10.0 Å². The number of ether oxygens (including phenoxy) is 2. The molecule has 27 heavy (non-hydrogen) atoms. The molecule has 0 radical (unpaired) electrons. The number of nitrogens with zero attached hydrogens (tertiary/aromatic N) is 2. The zero-order chi connectivity index (χ0) is 19.6. The third kappa shape index (κ3) is 3.88. The molecule has 9 heteroatoms. The average Bonchev–Trinajstić information content (AvgIpc) is 2.65. The second kappa shape index (κ2) is 7.53. The van der Waals surface area contributed by atoms with Crippen LogP contribution in [0.1, 0.15) is 18.1 Å². The van der Waals surface area contributed by atoms with Gasteiger partial charge in [-0.3, -0.25) is 10.1 Å². The molecule has 144 valence electrons. The van der Waals surface area contributed by atoms with E-state index in [0.29, 0.717) is 30.3 Å². The fourth-order valence-corrected chi connectivity index (χ4v) is 4.31. The molecule has 0 bridgehead atoms. The van der Waals surface area contributed by atoms with Gasteiger partial charge < -0.3 is 9.47 Å². The summed E-state index contributed by atoms with van der Waals surface area (Å²) < 4.78 is 38.3. The first-order valence-corrected chi connectivity index (χ1v) is 9.90. The molecule has 2 aromatic carbocycles. The zero-order valence-corrected chi connectivity index (χ0v) is 15.9. The van der Waals surface area contributed by atoms with E-state index in [0.717, 1.165) is 11.6 Å². The fourth-order valence-electron chi connectivity index (χ4n) is 2.85. The van der Waals surface area contributed by atoms with E-state index in [-0.39, 0.29) is 23.7 Å². The minimum absolute atomic E-state index is 0.0980. The minimum Gasteiger partial charge on any atom is -0.486 e. The van der Waals surface area contributed by atoms with E-state index >= 15 is 0 Å². The molecule has 0 atom stereocenters. The lowest BCUT2D eigenvalue weighted by Gasteiger charge is -2.23. The van der Waals surface area contributed by atoms with E-state index < -0.39 is 14.9 Å². The lowest BCUT2D eigenvalue weighted by atomic mass is 10.2. The molecule has 0 aliphatic carbocycles. The van der Waals surface area contributed by atoms with Gasteiger partial charge >= 0.3 is 0 Å². The maximum absolute atomic E-state index is 13.0. The lowest BCUT2D eigenvalue weighted by Crippen LogP contribution is -2.30. The van der Waals surface area contributed by atoms with Crippen molar-refractivity contribution < 1.29 is 22.8 Å². The molecule has 3 rings (SSSR count). The van der Waals surface area contributed by atoms with Crippen molar-refractivity contribution in [2.24, 2.45) is 0 Å². The molecule has 0 aromatic heterocycles. The Kier molecular flexibility index (Phi) is 5.33. The van der Waals surface area contributed by atoms with Crippen LogP contribution in [-0.4, -0.2) is 37.4 Å².